The lowest BCUT2D eigenvalue weighted by Crippen LogP contribution is -2.11. The van der Waals surface area contributed by atoms with E-state index in [9.17, 15) is 0 Å². The fraction of sp³-hybridized carbons (Fsp3) is 0.500. The predicted octanol–water partition coefficient (Wildman–Crippen LogP) is 2.89. The molecule has 0 unspecified atom stereocenters. The van der Waals surface area contributed by atoms with E-state index >= 15 is 0 Å². The average molecular weight is 271 g/mol. The minimum absolute atomic E-state index is 0.117. The highest BCUT2D eigenvalue weighted by Gasteiger charge is 2.09. The first-order chi connectivity index (χ1) is 7.15. The molecule has 1 atom stereocenters. The zero-order valence-electron chi connectivity index (χ0n) is 9.17. The van der Waals surface area contributed by atoms with Crippen molar-refractivity contribution in [1.29, 1.82) is 0 Å². The van der Waals surface area contributed by atoms with Crippen molar-refractivity contribution in [2.45, 2.75) is 32.2 Å². The van der Waals surface area contributed by atoms with Crippen LogP contribution in [-0.2, 0) is 0 Å². The van der Waals surface area contributed by atoms with Gasteiger partial charge in [-0.3, -0.25) is 0 Å². The molecule has 0 saturated heterocycles. The number of rotatable bonds is 5. The number of hydrogen-bond acceptors (Lipinski definition) is 2. The number of nitrogens with two attached hydrogens (primary N) is 2. The van der Waals surface area contributed by atoms with Crippen molar-refractivity contribution < 1.29 is 0 Å². The zero-order chi connectivity index (χ0) is 11.3. The summed E-state index contributed by atoms with van der Waals surface area (Å²) < 4.78 is 1.11. The molecule has 84 valence electrons. The molecule has 0 spiro atoms. The summed E-state index contributed by atoms with van der Waals surface area (Å²) in [5.41, 5.74) is 14.0. The molecule has 0 saturated carbocycles. The van der Waals surface area contributed by atoms with E-state index in [1.54, 1.807) is 0 Å². The maximum absolute atomic E-state index is 6.12. The molecule has 0 radical (unpaired) electrons. The Morgan fingerprint density at radius 2 is 2.07 bits per heavy atom. The van der Waals surface area contributed by atoms with Crippen molar-refractivity contribution in [3.63, 3.8) is 0 Å². The molecule has 1 aromatic carbocycles. The Kier molecular flexibility index (Phi) is 5.29. The zero-order valence-corrected chi connectivity index (χ0v) is 10.8. The van der Waals surface area contributed by atoms with Gasteiger partial charge in [-0.15, -0.1) is 0 Å². The maximum atomic E-state index is 6.12. The van der Waals surface area contributed by atoms with Gasteiger partial charge in [0.1, 0.15) is 0 Å². The van der Waals surface area contributed by atoms with Crippen LogP contribution in [0, 0.1) is 6.92 Å². The molecular formula is C12H19BrN2. The Balaban J connectivity index is 2.61. The summed E-state index contributed by atoms with van der Waals surface area (Å²) in [7, 11) is 0. The van der Waals surface area contributed by atoms with Crippen LogP contribution in [0.5, 0.6) is 0 Å². The lowest BCUT2D eigenvalue weighted by molar-refractivity contribution is 0.589. The van der Waals surface area contributed by atoms with Gasteiger partial charge in [0, 0.05) is 10.5 Å². The van der Waals surface area contributed by atoms with E-state index in [2.05, 4.69) is 41.1 Å². The first-order valence-corrected chi connectivity index (χ1v) is 6.16. The van der Waals surface area contributed by atoms with Crippen molar-refractivity contribution in [1.82, 2.24) is 0 Å². The summed E-state index contributed by atoms with van der Waals surface area (Å²) in [6, 6.07) is 6.43. The second-order valence-corrected chi connectivity index (χ2v) is 4.77. The second-order valence-electron chi connectivity index (χ2n) is 3.92. The molecule has 4 N–H and O–H groups in total. The Morgan fingerprint density at radius 1 is 1.33 bits per heavy atom. The number of halogens is 1. The molecule has 15 heavy (non-hydrogen) atoms. The van der Waals surface area contributed by atoms with E-state index in [0.29, 0.717) is 0 Å². The molecule has 0 aromatic heterocycles. The van der Waals surface area contributed by atoms with Crippen LogP contribution in [-0.4, -0.2) is 6.54 Å². The van der Waals surface area contributed by atoms with Crippen molar-refractivity contribution in [3.05, 3.63) is 33.8 Å². The molecule has 0 aliphatic carbocycles. The Labute approximate surface area is 100 Å². The molecular weight excluding hydrogens is 252 g/mol. The van der Waals surface area contributed by atoms with E-state index in [0.717, 1.165) is 30.3 Å². The quantitative estimate of drug-likeness (QED) is 0.809. The minimum atomic E-state index is 0.117. The van der Waals surface area contributed by atoms with Gasteiger partial charge in [-0.05, 0) is 43.5 Å². The van der Waals surface area contributed by atoms with Gasteiger partial charge in [0.25, 0.3) is 0 Å². The normalized spacial score (nSPS) is 12.8. The first kappa shape index (κ1) is 12.7. The fourth-order valence-electron chi connectivity index (χ4n) is 1.60. The van der Waals surface area contributed by atoms with Gasteiger partial charge >= 0.3 is 0 Å². The van der Waals surface area contributed by atoms with Gasteiger partial charge in [0.15, 0.2) is 0 Å². The van der Waals surface area contributed by atoms with Gasteiger partial charge < -0.3 is 11.5 Å². The number of benzene rings is 1. The summed E-state index contributed by atoms with van der Waals surface area (Å²) in [4.78, 5) is 0. The number of unbranched alkanes of at least 4 members (excludes halogenated alkanes) is 1. The van der Waals surface area contributed by atoms with E-state index in [4.69, 9.17) is 11.5 Å². The van der Waals surface area contributed by atoms with Gasteiger partial charge in [-0.2, -0.15) is 0 Å². The third kappa shape index (κ3) is 3.93. The fourth-order valence-corrected chi connectivity index (χ4v) is 2.38. The molecule has 0 aliphatic rings. The lowest BCUT2D eigenvalue weighted by atomic mass is 10.0. The van der Waals surface area contributed by atoms with Crippen LogP contribution in [0.25, 0.3) is 0 Å². The summed E-state index contributed by atoms with van der Waals surface area (Å²) in [6.07, 6.45) is 3.15. The predicted molar refractivity (Wildman–Crippen MR) is 68.7 cm³/mol. The van der Waals surface area contributed by atoms with Crippen LogP contribution in [0.3, 0.4) is 0 Å². The van der Waals surface area contributed by atoms with Crippen molar-refractivity contribution in [2.75, 3.05) is 6.54 Å². The lowest BCUT2D eigenvalue weighted by Gasteiger charge is -2.14. The maximum Gasteiger partial charge on any atom is 0.0306 e. The van der Waals surface area contributed by atoms with Crippen LogP contribution in [0.15, 0.2) is 22.7 Å². The molecule has 1 aromatic rings. The van der Waals surface area contributed by atoms with E-state index < -0.39 is 0 Å². The van der Waals surface area contributed by atoms with Gasteiger partial charge in [0.2, 0.25) is 0 Å². The number of hydrogen-bond donors (Lipinski definition) is 2. The van der Waals surface area contributed by atoms with Gasteiger partial charge in [0.05, 0.1) is 0 Å². The van der Waals surface area contributed by atoms with Crippen LogP contribution in [0.4, 0.5) is 0 Å². The topological polar surface area (TPSA) is 52.0 Å². The third-order valence-electron chi connectivity index (χ3n) is 2.52. The smallest absolute Gasteiger partial charge is 0.0306 e. The molecule has 0 aliphatic heterocycles. The van der Waals surface area contributed by atoms with Crippen molar-refractivity contribution in [3.8, 4) is 0 Å². The third-order valence-corrected chi connectivity index (χ3v) is 3.21. The summed E-state index contributed by atoms with van der Waals surface area (Å²) >= 11 is 3.55. The van der Waals surface area contributed by atoms with E-state index in [1.807, 2.05) is 0 Å². The molecule has 0 bridgehead atoms. The summed E-state index contributed by atoms with van der Waals surface area (Å²) in [6.45, 7) is 2.83. The molecule has 3 heteroatoms. The highest BCUT2D eigenvalue weighted by atomic mass is 79.9. The van der Waals surface area contributed by atoms with Crippen LogP contribution >= 0.6 is 15.9 Å². The van der Waals surface area contributed by atoms with Crippen molar-refractivity contribution in [2.24, 2.45) is 11.5 Å². The Bertz CT molecular complexity index is 312. The summed E-state index contributed by atoms with van der Waals surface area (Å²) in [5.74, 6) is 0. The van der Waals surface area contributed by atoms with Gasteiger partial charge in [-0.1, -0.05) is 34.5 Å². The molecule has 0 heterocycles. The van der Waals surface area contributed by atoms with Crippen molar-refractivity contribution >= 4 is 15.9 Å². The highest BCUT2D eigenvalue weighted by Crippen LogP contribution is 2.26. The summed E-state index contributed by atoms with van der Waals surface area (Å²) in [5, 5.41) is 0. The van der Waals surface area contributed by atoms with Crippen LogP contribution in [0.1, 0.15) is 36.4 Å². The molecule has 1 rings (SSSR count). The monoisotopic (exact) mass is 270 g/mol. The molecule has 0 fully saturated rings. The Hall–Kier alpha value is -0.380. The molecule has 2 nitrogen and oxygen atoms in total. The first-order valence-electron chi connectivity index (χ1n) is 5.37. The Morgan fingerprint density at radius 3 is 2.67 bits per heavy atom. The number of aryl methyl sites for hydroxylation is 1. The second kappa shape index (κ2) is 6.26. The van der Waals surface area contributed by atoms with E-state index in [1.165, 1.54) is 11.1 Å². The molecule has 0 amide bonds. The largest absolute Gasteiger partial charge is 0.330 e. The van der Waals surface area contributed by atoms with Gasteiger partial charge in [-0.25, -0.2) is 0 Å². The van der Waals surface area contributed by atoms with E-state index in [-0.39, 0.29) is 6.04 Å². The highest BCUT2D eigenvalue weighted by molar-refractivity contribution is 9.10. The SMILES string of the molecule is Cc1ccc([C@H](N)CCCCN)c(Br)c1. The van der Waals surface area contributed by atoms with Crippen LogP contribution in [0.2, 0.25) is 0 Å². The minimum Gasteiger partial charge on any atom is -0.330 e. The van der Waals surface area contributed by atoms with Crippen LogP contribution < -0.4 is 11.5 Å². The average Bonchev–Trinajstić information content (AvgIpc) is 2.17. The standard InChI is InChI=1S/C12H19BrN2/c1-9-5-6-10(11(13)8-9)12(15)4-2-3-7-14/h5-6,8,12H,2-4,7,14-15H2,1H3/t12-/m1/s1.